The number of halogens is 1. The summed E-state index contributed by atoms with van der Waals surface area (Å²) in [6.45, 7) is 18.0. The lowest BCUT2D eigenvalue weighted by molar-refractivity contribution is -0.297. The van der Waals surface area contributed by atoms with E-state index in [0.29, 0.717) is 25.2 Å². The standard InChI is InChI=1S/C36H50FNO3/c1-22(2)26-14-17-33(6)27(32(26,5)16-15-29(39)38-25-11-9-8-10-12-25)21-28(37)36-30-24(4)23(3)13-18-35(30,31(40)41-36)20-19-34(33,36)7/h8-12,23-24,26-28,30H,1,13-21H2,2-7H3,(H,38,39)/t23-,24+,26+,27-,28-,30-,32+,33-,34+,35+,36?/m1/s1. The number of anilines is 1. The van der Waals surface area contributed by atoms with E-state index in [4.69, 9.17) is 4.74 Å². The maximum absolute atomic E-state index is 17.4. The van der Waals surface area contributed by atoms with E-state index in [1.165, 1.54) is 0 Å². The molecule has 1 aliphatic heterocycles. The van der Waals surface area contributed by atoms with Gasteiger partial charge in [-0.25, -0.2) is 4.39 Å². The van der Waals surface area contributed by atoms with Crippen LogP contribution in [0.25, 0.3) is 0 Å². The summed E-state index contributed by atoms with van der Waals surface area (Å²) < 4.78 is 24.0. The smallest absolute Gasteiger partial charge is 0.313 e. The van der Waals surface area contributed by atoms with Crippen molar-refractivity contribution in [3.05, 3.63) is 42.5 Å². The van der Waals surface area contributed by atoms with Gasteiger partial charge in [0.15, 0.2) is 5.60 Å². The number of nitrogens with one attached hydrogen (secondary N) is 1. The fourth-order valence-corrected chi connectivity index (χ4v) is 11.7. The molecule has 1 amide bonds. The molecular weight excluding hydrogens is 513 g/mol. The molecule has 6 rings (SSSR count). The molecule has 5 heteroatoms. The second-order valence-electron chi connectivity index (χ2n) is 15.6. The van der Waals surface area contributed by atoms with Crippen molar-refractivity contribution < 1.29 is 18.7 Å². The normalized spacial score (nSPS) is 48.3. The van der Waals surface area contributed by atoms with E-state index in [2.05, 4.69) is 53.4 Å². The largest absolute Gasteiger partial charge is 0.455 e. The minimum Gasteiger partial charge on any atom is -0.455 e. The van der Waals surface area contributed by atoms with E-state index in [1.807, 2.05) is 30.3 Å². The molecule has 224 valence electrons. The molecule has 4 nitrogen and oxygen atoms in total. The third-order valence-corrected chi connectivity index (χ3v) is 14.2. The van der Waals surface area contributed by atoms with Crippen molar-refractivity contribution in [1.29, 1.82) is 0 Å². The molecule has 5 aliphatic rings. The molecule has 4 aliphatic carbocycles. The summed E-state index contributed by atoms with van der Waals surface area (Å²) >= 11 is 0. The van der Waals surface area contributed by atoms with Crippen molar-refractivity contribution in [1.82, 2.24) is 0 Å². The zero-order valence-corrected chi connectivity index (χ0v) is 26.0. The maximum Gasteiger partial charge on any atom is 0.313 e. The average molecular weight is 564 g/mol. The van der Waals surface area contributed by atoms with E-state index >= 15 is 4.39 Å². The third-order valence-electron chi connectivity index (χ3n) is 14.2. The highest BCUT2D eigenvalue weighted by Crippen LogP contribution is 2.80. The van der Waals surface area contributed by atoms with E-state index in [1.54, 1.807) is 0 Å². The van der Waals surface area contributed by atoms with Gasteiger partial charge in [0.25, 0.3) is 0 Å². The van der Waals surface area contributed by atoms with Gasteiger partial charge < -0.3 is 10.1 Å². The zero-order valence-electron chi connectivity index (χ0n) is 26.0. The molecule has 2 bridgehead atoms. The topological polar surface area (TPSA) is 55.4 Å². The summed E-state index contributed by atoms with van der Waals surface area (Å²) in [6.07, 6.45) is 5.65. The summed E-state index contributed by atoms with van der Waals surface area (Å²) in [7, 11) is 0. The molecule has 1 aromatic rings. The molecule has 41 heavy (non-hydrogen) atoms. The highest BCUT2D eigenvalue weighted by atomic mass is 19.1. The molecule has 1 saturated heterocycles. The van der Waals surface area contributed by atoms with Crippen molar-refractivity contribution in [2.75, 3.05) is 5.32 Å². The second-order valence-corrected chi connectivity index (χ2v) is 15.6. The fourth-order valence-electron chi connectivity index (χ4n) is 11.7. The Kier molecular flexibility index (Phi) is 6.64. The van der Waals surface area contributed by atoms with Gasteiger partial charge >= 0.3 is 5.97 Å². The van der Waals surface area contributed by atoms with Crippen molar-refractivity contribution >= 4 is 17.6 Å². The van der Waals surface area contributed by atoms with Crippen LogP contribution in [-0.4, -0.2) is 23.6 Å². The Morgan fingerprint density at radius 3 is 2.46 bits per heavy atom. The van der Waals surface area contributed by atoms with Gasteiger partial charge in [0, 0.05) is 23.4 Å². The van der Waals surface area contributed by atoms with E-state index in [0.717, 1.165) is 49.8 Å². The number of benzene rings is 1. The van der Waals surface area contributed by atoms with Crippen LogP contribution in [0.1, 0.15) is 99.3 Å². The predicted molar refractivity (Wildman–Crippen MR) is 161 cm³/mol. The lowest BCUT2D eigenvalue weighted by atomic mass is 9.31. The maximum atomic E-state index is 17.4. The van der Waals surface area contributed by atoms with Crippen molar-refractivity contribution in [3.63, 3.8) is 0 Å². The number of alkyl halides is 1. The Balaban J connectivity index is 1.38. The number of rotatable bonds is 5. The van der Waals surface area contributed by atoms with Gasteiger partial charge in [-0.15, -0.1) is 0 Å². The number of para-hydroxylation sites is 1. The van der Waals surface area contributed by atoms with Crippen molar-refractivity contribution in [2.45, 2.75) is 111 Å². The molecule has 1 N–H and O–H groups in total. The van der Waals surface area contributed by atoms with Crippen LogP contribution in [0.2, 0.25) is 0 Å². The minimum absolute atomic E-state index is 0.00218. The van der Waals surface area contributed by atoms with Crippen molar-refractivity contribution in [2.24, 2.45) is 51.2 Å². The molecule has 1 aromatic carbocycles. The van der Waals surface area contributed by atoms with E-state index in [9.17, 15) is 9.59 Å². The summed E-state index contributed by atoms with van der Waals surface area (Å²) in [5, 5.41) is 3.06. The SMILES string of the molecule is C=C(C)[C@@H]1CC[C@]2(C)[C@H](C[C@@H](F)C34OC(=O)[C@@]5(CC[C@@H](C)[C@H](C)[C@@H]35)CC[C@]42C)[C@@]1(C)CCC(=O)Nc1ccccc1. The van der Waals surface area contributed by atoms with Gasteiger partial charge in [0.2, 0.25) is 5.91 Å². The number of amides is 1. The molecular formula is C36H50FNO3. The predicted octanol–water partition coefficient (Wildman–Crippen LogP) is 8.53. The Morgan fingerprint density at radius 1 is 1.07 bits per heavy atom. The summed E-state index contributed by atoms with van der Waals surface area (Å²) in [5.74, 6) is 0.782. The number of ether oxygens (including phenoxy) is 1. The van der Waals surface area contributed by atoms with Crippen LogP contribution in [0.4, 0.5) is 10.1 Å². The molecule has 5 fully saturated rings. The van der Waals surface area contributed by atoms with Gasteiger partial charge in [-0.05, 0) is 105 Å². The number of carbonyl (C=O) groups is 2. The van der Waals surface area contributed by atoms with Gasteiger partial charge in [0.05, 0.1) is 5.41 Å². The average Bonchev–Trinajstić information content (AvgIpc) is 3.14. The molecule has 1 unspecified atom stereocenters. The Hall–Kier alpha value is -2.17. The first-order valence-electron chi connectivity index (χ1n) is 16.1. The quantitative estimate of drug-likeness (QED) is 0.289. The summed E-state index contributed by atoms with van der Waals surface area (Å²) in [5.41, 5.74) is -0.637. The fraction of sp³-hybridized carbons (Fsp3) is 0.722. The molecule has 4 saturated carbocycles. The Labute approximate surface area is 246 Å². The number of esters is 1. The lowest BCUT2D eigenvalue weighted by Crippen LogP contribution is -2.75. The first-order chi connectivity index (χ1) is 19.3. The van der Waals surface area contributed by atoms with E-state index in [-0.39, 0.29) is 46.4 Å². The molecule has 0 aromatic heterocycles. The summed E-state index contributed by atoms with van der Waals surface area (Å²) in [4.78, 5) is 27.0. The van der Waals surface area contributed by atoms with Crippen LogP contribution in [0.15, 0.2) is 42.5 Å². The van der Waals surface area contributed by atoms with Crippen LogP contribution < -0.4 is 5.32 Å². The first kappa shape index (κ1) is 28.9. The van der Waals surface area contributed by atoms with Gasteiger partial charge in [-0.1, -0.05) is 65.0 Å². The number of carbonyl (C=O) groups excluding carboxylic acids is 2. The molecule has 1 spiro atoms. The van der Waals surface area contributed by atoms with Crippen LogP contribution in [0.3, 0.4) is 0 Å². The number of allylic oxidation sites excluding steroid dienone is 1. The highest BCUT2D eigenvalue weighted by Gasteiger charge is 2.83. The Morgan fingerprint density at radius 2 is 1.78 bits per heavy atom. The number of hydrogen-bond acceptors (Lipinski definition) is 3. The lowest BCUT2D eigenvalue weighted by Gasteiger charge is -2.73. The first-order valence-corrected chi connectivity index (χ1v) is 16.1. The van der Waals surface area contributed by atoms with Crippen molar-refractivity contribution in [3.8, 4) is 0 Å². The number of hydrogen-bond donors (Lipinski definition) is 1. The van der Waals surface area contributed by atoms with Crippen LogP contribution in [0.5, 0.6) is 0 Å². The second kappa shape index (κ2) is 9.41. The minimum atomic E-state index is -1.21. The molecule has 11 atom stereocenters. The zero-order chi connectivity index (χ0) is 29.6. The third kappa shape index (κ3) is 3.62. The summed E-state index contributed by atoms with van der Waals surface area (Å²) in [6, 6.07) is 9.59. The highest BCUT2D eigenvalue weighted by molar-refractivity contribution is 5.90. The van der Waals surface area contributed by atoms with Gasteiger partial charge in [0.1, 0.15) is 6.17 Å². The van der Waals surface area contributed by atoms with Gasteiger partial charge in [-0.2, -0.15) is 0 Å². The van der Waals surface area contributed by atoms with E-state index < -0.39 is 22.6 Å². The van der Waals surface area contributed by atoms with Crippen LogP contribution in [0, 0.1) is 51.2 Å². The Bertz CT molecular complexity index is 1250. The molecule has 1 heterocycles. The van der Waals surface area contributed by atoms with Crippen LogP contribution in [-0.2, 0) is 14.3 Å². The van der Waals surface area contributed by atoms with Gasteiger partial charge in [-0.3, -0.25) is 9.59 Å². The number of fused-ring (bicyclic) bond motifs is 2. The molecule has 0 radical (unpaired) electrons. The van der Waals surface area contributed by atoms with Crippen LogP contribution >= 0.6 is 0 Å². The monoisotopic (exact) mass is 563 g/mol.